The van der Waals surface area contributed by atoms with Gasteiger partial charge in [-0.1, -0.05) is 30.3 Å². The van der Waals surface area contributed by atoms with E-state index in [-0.39, 0.29) is 11.8 Å². The Kier molecular flexibility index (Phi) is 8.16. The molecule has 3 aromatic carbocycles. The summed E-state index contributed by atoms with van der Waals surface area (Å²) in [5.41, 5.74) is 4.05. The molecule has 1 aliphatic heterocycles. The fourth-order valence-corrected chi connectivity index (χ4v) is 5.23. The highest BCUT2D eigenvalue weighted by Crippen LogP contribution is 2.34. The maximum atomic E-state index is 13.0. The maximum absolute atomic E-state index is 13.0. The molecule has 4 aromatic rings. The average Bonchev–Trinajstić information content (AvgIpc) is 3.54. The molecular formula is C32H35N3O4. The highest BCUT2D eigenvalue weighted by molar-refractivity contribution is 5.96. The van der Waals surface area contributed by atoms with Crippen LogP contribution in [0, 0.1) is 0 Å². The van der Waals surface area contributed by atoms with Gasteiger partial charge in [0.15, 0.2) is 11.5 Å². The summed E-state index contributed by atoms with van der Waals surface area (Å²) in [5.74, 6) is 3.32. The number of fused-ring (bicyclic) bond motifs is 1. The Labute approximate surface area is 229 Å². The van der Waals surface area contributed by atoms with Gasteiger partial charge in [-0.3, -0.25) is 4.79 Å². The van der Waals surface area contributed by atoms with E-state index >= 15 is 0 Å². The predicted molar refractivity (Wildman–Crippen MR) is 154 cm³/mol. The largest absolute Gasteiger partial charge is 0.497 e. The van der Waals surface area contributed by atoms with Crippen LogP contribution in [0.25, 0.3) is 11.0 Å². The third kappa shape index (κ3) is 5.77. The first-order chi connectivity index (χ1) is 19.1. The van der Waals surface area contributed by atoms with Crippen molar-refractivity contribution in [1.29, 1.82) is 0 Å². The molecule has 2 heterocycles. The van der Waals surface area contributed by atoms with Gasteiger partial charge in [0.1, 0.15) is 11.6 Å². The Hall–Kier alpha value is -4.26. The van der Waals surface area contributed by atoms with Crippen LogP contribution >= 0.6 is 0 Å². The van der Waals surface area contributed by atoms with E-state index in [0.29, 0.717) is 19.6 Å². The molecule has 0 aliphatic carbocycles. The lowest BCUT2D eigenvalue weighted by Gasteiger charge is -2.18. The Bertz CT molecular complexity index is 1460. The van der Waals surface area contributed by atoms with Gasteiger partial charge >= 0.3 is 0 Å². The number of allylic oxidation sites excluding steroid dienone is 1. The van der Waals surface area contributed by atoms with Crippen LogP contribution in [-0.4, -0.2) is 42.8 Å². The molecule has 0 bridgehead atoms. The molecule has 1 aromatic heterocycles. The number of anilines is 1. The van der Waals surface area contributed by atoms with E-state index in [1.807, 2.05) is 71.6 Å². The molecule has 7 heteroatoms. The smallest absolute Gasteiger partial charge is 0.227 e. The van der Waals surface area contributed by atoms with Gasteiger partial charge in [-0.2, -0.15) is 0 Å². The van der Waals surface area contributed by atoms with Gasteiger partial charge in [-0.25, -0.2) is 4.98 Å². The van der Waals surface area contributed by atoms with Crippen molar-refractivity contribution in [3.63, 3.8) is 0 Å². The van der Waals surface area contributed by atoms with Crippen molar-refractivity contribution in [1.82, 2.24) is 9.55 Å². The highest BCUT2D eigenvalue weighted by atomic mass is 16.5. The molecule has 1 fully saturated rings. The van der Waals surface area contributed by atoms with E-state index in [2.05, 4.69) is 17.2 Å². The Balaban J connectivity index is 1.26. The number of aromatic nitrogens is 2. The number of nitrogens with zero attached hydrogens (tertiary/aromatic N) is 3. The Morgan fingerprint density at radius 3 is 2.69 bits per heavy atom. The number of aryl methyl sites for hydroxylation is 1. The van der Waals surface area contributed by atoms with Gasteiger partial charge in [0.05, 0.1) is 31.9 Å². The first kappa shape index (κ1) is 26.4. The third-order valence-electron chi connectivity index (χ3n) is 7.18. The van der Waals surface area contributed by atoms with Crippen molar-refractivity contribution in [2.75, 3.05) is 32.3 Å². The van der Waals surface area contributed by atoms with Gasteiger partial charge in [0.2, 0.25) is 5.91 Å². The van der Waals surface area contributed by atoms with Crippen molar-refractivity contribution in [3.05, 3.63) is 90.8 Å². The molecule has 0 spiro atoms. The fraction of sp³-hybridized carbons (Fsp3) is 0.312. The minimum Gasteiger partial charge on any atom is -0.497 e. The summed E-state index contributed by atoms with van der Waals surface area (Å²) < 4.78 is 19.2. The lowest BCUT2D eigenvalue weighted by molar-refractivity contribution is -0.117. The topological polar surface area (TPSA) is 65.8 Å². The number of methoxy groups -OCH3 is 2. The number of amides is 1. The SMILES string of the molecule is C=CCc1ccc(OCCCCn2c(C3CC(=O)N(c4cccc(OC)c4)C3)nc3ccccc32)c(OC)c1. The van der Waals surface area contributed by atoms with Crippen molar-refractivity contribution in [3.8, 4) is 17.2 Å². The molecule has 1 amide bonds. The quantitative estimate of drug-likeness (QED) is 0.164. The summed E-state index contributed by atoms with van der Waals surface area (Å²) in [6.07, 6.45) is 4.90. The van der Waals surface area contributed by atoms with Crippen LogP contribution in [0.5, 0.6) is 17.2 Å². The summed E-state index contributed by atoms with van der Waals surface area (Å²) in [5, 5.41) is 0. The molecule has 5 rings (SSSR count). The second-order valence-corrected chi connectivity index (χ2v) is 9.75. The molecule has 1 saturated heterocycles. The van der Waals surface area contributed by atoms with E-state index in [1.165, 1.54) is 0 Å². The minimum atomic E-state index is 0.0192. The van der Waals surface area contributed by atoms with Crippen LogP contribution < -0.4 is 19.1 Å². The van der Waals surface area contributed by atoms with Crippen LogP contribution in [-0.2, 0) is 17.8 Å². The molecule has 1 atom stereocenters. The molecule has 7 nitrogen and oxygen atoms in total. The number of imidazole rings is 1. The minimum absolute atomic E-state index is 0.0192. The first-order valence-electron chi connectivity index (χ1n) is 13.4. The van der Waals surface area contributed by atoms with E-state index in [4.69, 9.17) is 19.2 Å². The van der Waals surface area contributed by atoms with Crippen molar-refractivity contribution >= 4 is 22.6 Å². The van der Waals surface area contributed by atoms with Crippen molar-refractivity contribution in [2.45, 2.75) is 38.1 Å². The van der Waals surface area contributed by atoms with Gasteiger partial charge in [0, 0.05) is 37.2 Å². The lowest BCUT2D eigenvalue weighted by atomic mass is 10.1. The number of rotatable bonds is 12. The molecule has 1 aliphatic rings. The van der Waals surface area contributed by atoms with Gasteiger partial charge in [0.25, 0.3) is 0 Å². The number of carbonyl (C=O) groups is 1. The molecule has 0 saturated carbocycles. The fourth-order valence-electron chi connectivity index (χ4n) is 5.23. The zero-order valence-electron chi connectivity index (χ0n) is 22.6. The summed E-state index contributed by atoms with van der Waals surface area (Å²) in [6, 6.07) is 21.9. The second kappa shape index (κ2) is 12.1. The normalized spacial score (nSPS) is 15.1. The number of ether oxygens (including phenoxy) is 3. The van der Waals surface area contributed by atoms with E-state index < -0.39 is 0 Å². The van der Waals surface area contributed by atoms with E-state index in [0.717, 1.165) is 71.2 Å². The number of hydrogen-bond acceptors (Lipinski definition) is 5. The highest BCUT2D eigenvalue weighted by Gasteiger charge is 2.35. The average molecular weight is 526 g/mol. The third-order valence-corrected chi connectivity index (χ3v) is 7.18. The summed E-state index contributed by atoms with van der Waals surface area (Å²) >= 11 is 0. The zero-order valence-corrected chi connectivity index (χ0v) is 22.6. The van der Waals surface area contributed by atoms with Gasteiger partial charge < -0.3 is 23.7 Å². The molecule has 0 N–H and O–H groups in total. The summed E-state index contributed by atoms with van der Waals surface area (Å²) in [7, 11) is 3.30. The first-order valence-corrected chi connectivity index (χ1v) is 13.4. The van der Waals surface area contributed by atoms with Crippen molar-refractivity contribution in [2.24, 2.45) is 0 Å². The Morgan fingerprint density at radius 1 is 1.00 bits per heavy atom. The molecule has 202 valence electrons. The van der Waals surface area contributed by atoms with Crippen molar-refractivity contribution < 1.29 is 19.0 Å². The van der Waals surface area contributed by atoms with Gasteiger partial charge in [-0.05, 0) is 61.2 Å². The van der Waals surface area contributed by atoms with Crippen LogP contribution in [0.15, 0.2) is 79.4 Å². The Morgan fingerprint density at radius 2 is 1.87 bits per heavy atom. The number of benzene rings is 3. The lowest BCUT2D eigenvalue weighted by Crippen LogP contribution is -2.24. The monoisotopic (exact) mass is 525 g/mol. The number of para-hydroxylation sites is 2. The van der Waals surface area contributed by atoms with E-state index in [9.17, 15) is 4.79 Å². The standard InChI is InChI=1S/C32H35N3O4/c1-4-10-23-15-16-29(30(19-23)38-3)39-18-8-7-17-34-28-14-6-5-13-27(28)33-32(34)24-20-31(36)35(22-24)25-11-9-12-26(21-25)37-2/h4-6,9,11-16,19,21,24H,1,7-8,10,17-18,20,22H2,2-3H3. The zero-order chi connectivity index (χ0) is 27.2. The van der Waals surface area contributed by atoms with Gasteiger partial charge in [-0.15, -0.1) is 6.58 Å². The molecule has 0 radical (unpaired) electrons. The number of hydrogen-bond donors (Lipinski definition) is 0. The number of carbonyl (C=O) groups excluding carboxylic acids is 1. The maximum Gasteiger partial charge on any atom is 0.227 e. The summed E-state index contributed by atoms with van der Waals surface area (Å²) in [4.78, 5) is 19.9. The van der Waals surface area contributed by atoms with Crippen LogP contribution in [0.3, 0.4) is 0 Å². The van der Waals surface area contributed by atoms with E-state index in [1.54, 1.807) is 14.2 Å². The second-order valence-electron chi connectivity index (χ2n) is 9.75. The molecule has 1 unspecified atom stereocenters. The van der Waals surface area contributed by atoms with Crippen LogP contribution in [0.4, 0.5) is 5.69 Å². The van der Waals surface area contributed by atoms with Crippen LogP contribution in [0.2, 0.25) is 0 Å². The predicted octanol–water partition coefficient (Wildman–Crippen LogP) is 6.16. The number of unbranched alkanes of at least 4 members (excludes halogenated alkanes) is 1. The summed E-state index contributed by atoms with van der Waals surface area (Å²) in [6.45, 7) is 5.79. The molecule has 39 heavy (non-hydrogen) atoms. The molecular weight excluding hydrogens is 490 g/mol. The van der Waals surface area contributed by atoms with Crippen LogP contribution in [0.1, 0.15) is 36.6 Å².